The molecule has 0 fully saturated rings. The molecule has 7 nitrogen and oxygen atoms in total. The second-order valence-electron chi connectivity index (χ2n) is 5.41. The fourth-order valence-corrected chi connectivity index (χ4v) is 2.76. The molecule has 0 aliphatic heterocycles. The van der Waals surface area contributed by atoms with E-state index in [1.165, 1.54) is 6.33 Å². The average Bonchev–Trinajstić information content (AvgIpc) is 3.25. The Labute approximate surface area is 135 Å². The van der Waals surface area contributed by atoms with Crippen LogP contribution < -0.4 is 0 Å². The number of aromatic nitrogens is 7. The van der Waals surface area contributed by atoms with E-state index in [1.54, 1.807) is 18.6 Å². The highest BCUT2D eigenvalue weighted by atomic mass is 15.1. The minimum atomic E-state index is 0.765. The Balaban J connectivity index is 1.71. The normalized spacial score (nSPS) is 11.3. The van der Waals surface area contributed by atoms with Crippen molar-refractivity contribution >= 4 is 22.1 Å². The molecule has 0 atom stereocenters. The molecule has 0 aliphatic carbocycles. The number of H-pyrrole nitrogens is 2. The zero-order chi connectivity index (χ0) is 15.9. The van der Waals surface area contributed by atoms with E-state index < -0.39 is 0 Å². The van der Waals surface area contributed by atoms with Crippen molar-refractivity contribution in [2.24, 2.45) is 0 Å². The van der Waals surface area contributed by atoms with Crippen molar-refractivity contribution in [1.29, 1.82) is 0 Å². The van der Waals surface area contributed by atoms with Gasteiger partial charge in [0.25, 0.3) is 0 Å². The van der Waals surface area contributed by atoms with E-state index >= 15 is 0 Å². The third-order valence-corrected chi connectivity index (χ3v) is 3.91. The lowest BCUT2D eigenvalue weighted by Gasteiger charge is -2.00. The number of pyridine rings is 2. The molecule has 7 heteroatoms. The van der Waals surface area contributed by atoms with Crippen LogP contribution in [0, 0.1) is 0 Å². The van der Waals surface area contributed by atoms with E-state index in [-0.39, 0.29) is 0 Å². The molecule has 5 aromatic heterocycles. The number of rotatable bonds is 2. The van der Waals surface area contributed by atoms with Gasteiger partial charge in [-0.25, -0.2) is 15.0 Å². The first-order valence-electron chi connectivity index (χ1n) is 7.43. The number of hydrogen-bond donors (Lipinski definition) is 2. The number of nitrogens with zero attached hydrogens (tertiary/aromatic N) is 5. The summed E-state index contributed by atoms with van der Waals surface area (Å²) in [6, 6.07) is 9.75. The van der Waals surface area contributed by atoms with Crippen LogP contribution in [0.5, 0.6) is 0 Å². The van der Waals surface area contributed by atoms with Crippen molar-refractivity contribution in [3.8, 4) is 22.6 Å². The summed E-state index contributed by atoms with van der Waals surface area (Å²) in [5.74, 6) is 0. The predicted octanol–water partition coefficient (Wildman–Crippen LogP) is 2.96. The number of aromatic amines is 2. The maximum Gasteiger partial charge on any atom is 0.135 e. The van der Waals surface area contributed by atoms with E-state index in [4.69, 9.17) is 4.98 Å². The van der Waals surface area contributed by atoms with Crippen molar-refractivity contribution in [3.63, 3.8) is 0 Å². The van der Waals surface area contributed by atoms with Gasteiger partial charge >= 0.3 is 0 Å². The van der Waals surface area contributed by atoms with Gasteiger partial charge < -0.3 is 4.98 Å². The van der Waals surface area contributed by atoms with Crippen molar-refractivity contribution in [1.82, 2.24) is 35.1 Å². The third kappa shape index (κ3) is 1.95. The fourth-order valence-electron chi connectivity index (χ4n) is 2.76. The molecule has 0 bridgehead atoms. The van der Waals surface area contributed by atoms with Gasteiger partial charge in [-0.05, 0) is 30.3 Å². The summed E-state index contributed by atoms with van der Waals surface area (Å²) >= 11 is 0. The highest BCUT2D eigenvalue weighted by molar-refractivity contribution is 5.93. The summed E-state index contributed by atoms with van der Waals surface area (Å²) in [6.07, 6.45) is 6.76. The molecule has 0 saturated carbocycles. The Morgan fingerprint density at radius 1 is 0.958 bits per heavy atom. The monoisotopic (exact) mass is 313 g/mol. The van der Waals surface area contributed by atoms with E-state index in [2.05, 4.69) is 30.1 Å². The molecule has 5 rings (SSSR count). The molecular formula is C17H11N7. The second kappa shape index (κ2) is 4.95. The lowest BCUT2D eigenvalue weighted by molar-refractivity contribution is 1.12. The number of hydrogen-bond acceptors (Lipinski definition) is 5. The van der Waals surface area contributed by atoms with Crippen LogP contribution in [0.25, 0.3) is 44.7 Å². The predicted molar refractivity (Wildman–Crippen MR) is 90.0 cm³/mol. The Morgan fingerprint density at radius 3 is 2.75 bits per heavy atom. The molecule has 0 amide bonds. The van der Waals surface area contributed by atoms with E-state index in [1.807, 2.05) is 30.3 Å². The van der Waals surface area contributed by atoms with Gasteiger partial charge in [0.2, 0.25) is 0 Å². The summed E-state index contributed by atoms with van der Waals surface area (Å²) in [6.45, 7) is 0. The van der Waals surface area contributed by atoms with Gasteiger partial charge in [0.15, 0.2) is 0 Å². The topological polar surface area (TPSA) is 96.0 Å². The summed E-state index contributed by atoms with van der Waals surface area (Å²) in [5, 5.41) is 7.44. The van der Waals surface area contributed by atoms with Crippen LogP contribution in [0.15, 0.2) is 55.2 Å². The average molecular weight is 313 g/mol. The van der Waals surface area contributed by atoms with Crippen LogP contribution in [-0.4, -0.2) is 35.1 Å². The zero-order valence-electron chi connectivity index (χ0n) is 12.4. The van der Waals surface area contributed by atoms with Crippen LogP contribution in [0.3, 0.4) is 0 Å². The SMILES string of the molecule is c1cnc2cc(-c3n[nH]c4ccc(-c5cncnc5)nc34)[nH]c2c1. The molecule has 0 unspecified atom stereocenters. The molecule has 5 aromatic rings. The lowest BCUT2D eigenvalue weighted by atomic mass is 10.2. The Morgan fingerprint density at radius 2 is 1.88 bits per heavy atom. The summed E-state index contributed by atoms with van der Waals surface area (Å²) in [5.41, 5.74) is 6.85. The van der Waals surface area contributed by atoms with Gasteiger partial charge in [-0.1, -0.05) is 0 Å². The molecule has 0 radical (unpaired) electrons. The van der Waals surface area contributed by atoms with Crippen molar-refractivity contribution in [3.05, 3.63) is 55.2 Å². The van der Waals surface area contributed by atoms with Crippen LogP contribution >= 0.6 is 0 Å². The first kappa shape index (κ1) is 12.9. The van der Waals surface area contributed by atoms with E-state index in [0.717, 1.165) is 44.7 Å². The Hall–Kier alpha value is -3.61. The molecule has 0 aliphatic rings. The molecule has 0 saturated heterocycles. The Bertz CT molecular complexity index is 1120. The number of nitrogens with one attached hydrogen (secondary N) is 2. The molecule has 5 heterocycles. The maximum absolute atomic E-state index is 4.74. The Kier molecular flexibility index (Phi) is 2.66. The summed E-state index contributed by atoms with van der Waals surface area (Å²) < 4.78 is 0. The first-order valence-corrected chi connectivity index (χ1v) is 7.43. The second-order valence-corrected chi connectivity index (χ2v) is 5.41. The third-order valence-electron chi connectivity index (χ3n) is 3.91. The van der Waals surface area contributed by atoms with Gasteiger partial charge in [-0.15, -0.1) is 0 Å². The fraction of sp³-hybridized carbons (Fsp3) is 0. The van der Waals surface area contributed by atoms with Crippen LogP contribution in [-0.2, 0) is 0 Å². The molecule has 24 heavy (non-hydrogen) atoms. The van der Waals surface area contributed by atoms with Crippen LogP contribution in [0.2, 0.25) is 0 Å². The van der Waals surface area contributed by atoms with E-state index in [9.17, 15) is 0 Å². The zero-order valence-corrected chi connectivity index (χ0v) is 12.4. The number of fused-ring (bicyclic) bond motifs is 2. The summed E-state index contributed by atoms with van der Waals surface area (Å²) in [4.78, 5) is 20.5. The summed E-state index contributed by atoms with van der Waals surface area (Å²) in [7, 11) is 0. The highest BCUT2D eigenvalue weighted by Gasteiger charge is 2.13. The van der Waals surface area contributed by atoms with Gasteiger partial charge in [0, 0.05) is 24.2 Å². The largest absolute Gasteiger partial charge is 0.352 e. The lowest BCUT2D eigenvalue weighted by Crippen LogP contribution is -1.87. The molecule has 2 N–H and O–H groups in total. The van der Waals surface area contributed by atoms with Crippen molar-refractivity contribution in [2.45, 2.75) is 0 Å². The first-order chi connectivity index (χ1) is 11.9. The molecule has 0 spiro atoms. The smallest absolute Gasteiger partial charge is 0.135 e. The maximum atomic E-state index is 4.74. The minimum absolute atomic E-state index is 0.765. The van der Waals surface area contributed by atoms with Crippen LogP contribution in [0.1, 0.15) is 0 Å². The standard InChI is InChI=1S/C17H11N7/c1-2-12-14(20-5-1)6-15(21-12)17-16-13(23-24-17)4-3-11(22-16)10-7-18-9-19-8-10/h1-9,21H,(H,23,24). The van der Waals surface area contributed by atoms with Crippen molar-refractivity contribution in [2.75, 3.05) is 0 Å². The van der Waals surface area contributed by atoms with Crippen molar-refractivity contribution < 1.29 is 0 Å². The minimum Gasteiger partial charge on any atom is -0.352 e. The van der Waals surface area contributed by atoms with Gasteiger partial charge in [-0.2, -0.15) is 5.10 Å². The van der Waals surface area contributed by atoms with Gasteiger partial charge in [0.1, 0.15) is 17.5 Å². The molecular weight excluding hydrogens is 302 g/mol. The quantitative estimate of drug-likeness (QED) is 0.522. The van der Waals surface area contributed by atoms with E-state index in [0.29, 0.717) is 0 Å². The van der Waals surface area contributed by atoms with Crippen LogP contribution in [0.4, 0.5) is 0 Å². The molecule has 0 aromatic carbocycles. The van der Waals surface area contributed by atoms with Gasteiger partial charge in [0.05, 0.1) is 27.9 Å². The van der Waals surface area contributed by atoms with Gasteiger partial charge in [-0.3, -0.25) is 10.1 Å². The highest BCUT2D eigenvalue weighted by Crippen LogP contribution is 2.28. The molecule has 114 valence electrons.